The molecule has 1 atom stereocenters. The Kier molecular flexibility index (Phi) is 3.54. The molecule has 0 aliphatic carbocycles. The number of benzene rings is 1. The van der Waals surface area contributed by atoms with Gasteiger partial charge >= 0.3 is 0 Å². The summed E-state index contributed by atoms with van der Waals surface area (Å²) in [4.78, 5) is 10.9. The molecule has 2 rings (SSSR count). The number of carbonyl (C=O) groups excluding carboxylic acids is 1. The molecular weight excluding hydrogens is 270 g/mol. The van der Waals surface area contributed by atoms with Crippen molar-refractivity contribution in [1.29, 1.82) is 0 Å². The molecular formula is C11H13N3O4S. The molecule has 1 unspecified atom stereocenters. The molecule has 8 heteroatoms. The average molecular weight is 283 g/mol. The van der Waals surface area contributed by atoms with Crippen LogP contribution in [0.5, 0.6) is 0 Å². The van der Waals surface area contributed by atoms with Crippen molar-refractivity contribution in [1.82, 2.24) is 9.88 Å². The molecule has 1 aromatic carbocycles. The van der Waals surface area contributed by atoms with E-state index in [9.17, 15) is 13.2 Å². The van der Waals surface area contributed by atoms with E-state index in [-0.39, 0.29) is 5.75 Å². The zero-order chi connectivity index (χ0) is 14.0. The number of hydrogen-bond acceptors (Lipinski definition) is 5. The number of hydrogen-bond donors (Lipinski definition) is 2. The average Bonchev–Trinajstić information content (AvgIpc) is 2.71. The third-order valence-corrected chi connectivity index (χ3v) is 3.93. The van der Waals surface area contributed by atoms with Crippen molar-refractivity contribution < 1.29 is 17.7 Å². The zero-order valence-corrected chi connectivity index (χ0v) is 11.0. The molecule has 3 N–H and O–H groups in total. The number of aromatic nitrogens is 1. The number of amides is 1. The highest BCUT2D eigenvalue weighted by molar-refractivity contribution is 7.88. The van der Waals surface area contributed by atoms with Gasteiger partial charge in [-0.25, -0.2) is 13.1 Å². The van der Waals surface area contributed by atoms with Gasteiger partial charge in [0.1, 0.15) is 11.4 Å². The van der Waals surface area contributed by atoms with Crippen LogP contribution in [0.1, 0.15) is 12.6 Å². The number of fused-ring (bicyclic) bond motifs is 1. The summed E-state index contributed by atoms with van der Waals surface area (Å²) >= 11 is 0. The van der Waals surface area contributed by atoms with Crippen molar-refractivity contribution in [2.75, 3.05) is 0 Å². The molecule has 0 bridgehead atoms. The second-order valence-corrected chi connectivity index (χ2v) is 5.88. The van der Waals surface area contributed by atoms with E-state index in [1.54, 1.807) is 24.3 Å². The minimum Gasteiger partial charge on any atom is -0.368 e. The molecule has 102 valence electrons. The molecule has 0 saturated carbocycles. The minimum absolute atomic E-state index is 0.291. The smallest absolute Gasteiger partial charge is 0.235 e. The Morgan fingerprint density at radius 3 is 2.84 bits per heavy atom. The lowest BCUT2D eigenvalue weighted by molar-refractivity contribution is -0.119. The molecule has 0 radical (unpaired) electrons. The van der Waals surface area contributed by atoms with E-state index >= 15 is 0 Å². The van der Waals surface area contributed by atoms with E-state index in [2.05, 4.69) is 9.88 Å². The molecule has 1 aromatic heterocycles. The monoisotopic (exact) mass is 283 g/mol. The fraction of sp³-hybridized carbons (Fsp3) is 0.273. The summed E-state index contributed by atoms with van der Waals surface area (Å²) in [5.74, 6) is -1.12. The van der Waals surface area contributed by atoms with Crippen LogP contribution in [-0.2, 0) is 20.6 Å². The first-order valence-electron chi connectivity index (χ1n) is 5.51. The molecule has 0 saturated heterocycles. The Bertz CT molecular complexity index is 708. The van der Waals surface area contributed by atoms with Crippen LogP contribution >= 0.6 is 0 Å². The Labute approximate surface area is 109 Å². The van der Waals surface area contributed by atoms with Crippen LogP contribution in [0.4, 0.5) is 0 Å². The Morgan fingerprint density at radius 1 is 1.47 bits per heavy atom. The third-order valence-electron chi connectivity index (χ3n) is 2.56. The van der Waals surface area contributed by atoms with Gasteiger partial charge in [-0.05, 0) is 19.1 Å². The normalized spacial score (nSPS) is 13.5. The Hall–Kier alpha value is -1.93. The molecule has 7 nitrogen and oxygen atoms in total. The lowest BCUT2D eigenvalue weighted by Crippen LogP contribution is -2.42. The van der Waals surface area contributed by atoms with E-state index in [1.165, 1.54) is 6.92 Å². The summed E-state index contributed by atoms with van der Waals surface area (Å²) in [6.45, 7) is 1.38. The van der Waals surface area contributed by atoms with Crippen molar-refractivity contribution in [3.8, 4) is 0 Å². The molecule has 19 heavy (non-hydrogen) atoms. The summed E-state index contributed by atoms with van der Waals surface area (Å²) < 4.78 is 30.9. The summed E-state index contributed by atoms with van der Waals surface area (Å²) in [6.07, 6.45) is 0. The third kappa shape index (κ3) is 3.09. The van der Waals surface area contributed by atoms with Crippen molar-refractivity contribution in [3.63, 3.8) is 0 Å². The maximum Gasteiger partial charge on any atom is 0.235 e. The Morgan fingerprint density at radius 2 is 2.16 bits per heavy atom. The fourth-order valence-corrected chi connectivity index (χ4v) is 2.90. The second-order valence-electron chi connectivity index (χ2n) is 4.13. The lowest BCUT2D eigenvalue weighted by atomic mass is 10.2. The highest BCUT2D eigenvalue weighted by Crippen LogP contribution is 2.19. The van der Waals surface area contributed by atoms with Gasteiger partial charge in [-0.15, -0.1) is 0 Å². The van der Waals surface area contributed by atoms with Gasteiger partial charge in [-0.1, -0.05) is 17.3 Å². The van der Waals surface area contributed by atoms with Crippen LogP contribution in [-0.4, -0.2) is 25.5 Å². The fourth-order valence-electron chi connectivity index (χ4n) is 1.59. The molecule has 0 spiro atoms. The van der Waals surface area contributed by atoms with Crippen LogP contribution in [0.25, 0.3) is 11.0 Å². The largest absolute Gasteiger partial charge is 0.368 e. The van der Waals surface area contributed by atoms with E-state index in [0.29, 0.717) is 16.7 Å². The summed E-state index contributed by atoms with van der Waals surface area (Å²) in [5, 5.41) is 4.35. The summed E-state index contributed by atoms with van der Waals surface area (Å²) in [7, 11) is -3.71. The van der Waals surface area contributed by atoms with Crippen molar-refractivity contribution in [3.05, 3.63) is 30.0 Å². The van der Waals surface area contributed by atoms with E-state index in [0.717, 1.165) is 0 Å². The molecule has 0 fully saturated rings. The number of primary amides is 1. The van der Waals surface area contributed by atoms with Gasteiger partial charge in [0, 0.05) is 5.39 Å². The van der Waals surface area contributed by atoms with Gasteiger partial charge in [0.2, 0.25) is 15.9 Å². The van der Waals surface area contributed by atoms with Crippen molar-refractivity contribution >= 4 is 26.9 Å². The maximum absolute atomic E-state index is 11.9. The molecule has 0 aliphatic heterocycles. The number of carbonyl (C=O) groups is 1. The predicted octanol–water partition coefficient (Wildman–Crippen LogP) is 0.121. The first kappa shape index (κ1) is 13.5. The van der Waals surface area contributed by atoms with Gasteiger partial charge in [0.25, 0.3) is 0 Å². The highest BCUT2D eigenvalue weighted by Gasteiger charge is 2.21. The molecule has 1 heterocycles. The topological polar surface area (TPSA) is 115 Å². The Balaban J connectivity index is 2.23. The predicted molar refractivity (Wildman–Crippen MR) is 68.4 cm³/mol. The maximum atomic E-state index is 11.9. The van der Waals surface area contributed by atoms with Gasteiger partial charge in [0.15, 0.2) is 5.58 Å². The number of sulfonamides is 1. The van der Waals surface area contributed by atoms with Gasteiger partial charge in [0.05, 0.1) is 6.04 Å². The second kappa shape index (κ2) is 4.98. The SMILES string of the molecule is CC(NS(=O)(=O)Cc1noc2ccccc12)C(N)=O. The lowest BCUT2D eigenvalue weighted by Gasteiger charge is -2.09. The number of nitrogens with two attached hydrogens (primary N) is 1. The van der Waals surface area contributed by atoms with Gasteiger partial charge in [-0.3, -0.25) is 4.79 Å². The van der Waals surface area contributed by atoms with Gasteiger partial charge < -0.3 is 10.3 Å². The molecule has 1 amide bonds. The minimum atomic E-state index is -3.71. The molecule has 2 aromatic rings. The van der Waals surface area contributed by atoms with E-state index in [4.69, 9.17) is 10.3 Å². The van der Waals surface area contributed by atoms with E-state index < -0.39 is 22.0 Å². The summed E-state index contributed by atoms with van der Waals surface area (Å²) in [6, 6.07) is 5.96. The number of rotatable bonds is 5. The standard InChI is InChI=1S/C11H13N3O4S/c1-7(11(12)15)14-19(16,17)6-9-8-4-2-3-5-10(8)18-13-9/h2-5,7,14H,6H2,1H3,(H2,12,15). The van der Waals surface area contributed by atoms with Gasteiger partial charge in [-0.2, -0.15) is 0 Å². The van der Waals surface area contributed by atoms with Crippen molar-refractivity contribution in [2.24, 2.45) is 5.73 Å². The van der Waals surface area contributed by atoms with Crippen LogP contribution in [0.2, 0.25) is 0 Å². The number of nitrogens with one attached hydrogen (secondary N) is 1. The van der Waals surface area contributed by atoms with Crippen molar-refractivity contribution in [2.45, 2.75) is 18.7 Å². The van der Waals surface area contributed by atoms with E-state index in [1.807, 2.05) is 0 Å². The number of para-hydroxylation sites is 1. The van der Waals surface area contributed by atoms with Crippen LogP contribution in [0.3, 0.4) is 0 Å². The highest BCUT2D eigenvalue weighted by atomic mass is 32.2. The van der Waals surface area contributed by atoms with Crippen LogP contribution in [0.15, 0.2) is 28.8 Å². The quantitative estimate of drug-likeness (QED) is 0.808. The first-order valence-corrected chi connectivity index (χ1v) is 7.17. The number of nitrogens with zero attached hydrogens (tertiary/aromatic N) is 1. The van der Waals surface area contributed by atoms with Crippen LogP contribution in [0, 0.1) is 0 Å². The van der Waals surface area contributed by atoms with Crippen LogP contribution < -0.4 is 10.5 Å². The zero-order valence-electron chi connectivity index (χ0n) is 10.2. The summed E-state index contributed by atoms with van der Waals surface area (Å²) in [5.41, 5.74) is 5.81. The first-order chi connectivity index (χ1) is 8.89. The molecule has 0 aliphatic rings.